The van der Waals surface area contributed by atoms with E-state index in [1.54, 1.807) is 36.5 Å². The fourth-order valence-corrected chi connectivity index (χ4v) is 7.35. The Kier molecular flexibility index (Phi) is 6.74. The fourth-order valence-electron chi connectivity index (χ4n) is 3.68. The number of nitrogens with zero attached hydrogens (tertiary/aromatic N) is 3. The van der Waals surface area contributed by atoms with Crippen LogP contribution in [0.4, 0.5) is 5.13 Å². The van der Waals surface area contributed by atoms with Crippen LogP contribution >= 0.6 is 11.3 Å². The average molecular weight is 581 g/mol. The molecule has 1 aliphatic heterocycles. The Bertz CT molecular complexity index is 1500. The molecule has 5 rings (SSSR count). The molecule has 2 aromatic heterocycles. The maximum absolute atomic E-state index is 13.2. The molecule has 1 atom stereocenters. The molecule has 37 heavy (non-hydrogen) atoms. The van der Waals surface area contributed by atoms with Crippen LogP contribution in [0, 0.1) is 0 Å². The van der Waals surface area contributed by atoms with Crippen molar-refractivity contribution >= 4 is 58.8 Å². The van der Waals surface area contributed by atoms with Gasteiger partial charge in [-0.2, -0.15) is 0 Å². The molecular weight excluding hydrogens is 559 g/mol. The van der Waals surface area contributed by atoms with Gasteiger partial charge in [0.05, 0.1) is 0 Å². The zero-order chi connectivity index (χ0) is 26.2. The predicted molar refractivity (Wildman–Crippen MR) is 138 cm³/mol. The van der Waals surface area contributed by atoms with Gasteiger partial charge in [0.25, 0.3) is 0 Å². The molecule has 2 N–H and O–H groups in total. The summed E-state index contributed by atoms with van der Waals surface area (Å²) in [6.07, 6.45) is 1.55. The van der Waals surface area contributed by atoms with E-state index in [4.69, 9.17) is 14.2 Å². The Morgan fingerprint density at radius 1 is 1.14 bits per heavy atom. The number of phenolic OH excluding ortho intramolecular Hbond substituents is 1. The fraction of sp³-hybridized carbons (Fsp3) is 0.240. The molecule has 2 aromatic carbocycles. The third kappa shape index (κ3) is 5.37. The zero-order valence-electron chi connectivity index (χ0n) is 20.1. The van der Waals surface area contributed by atoms with Gasteiger partial charge in [-0.15, -0.1) is 0 Å². The first kappa shape index (κ1) is 25.0. The summed E-state index contributed by atoms with van der Waals surface area (Å²) in [5.74, 6) is -0.0593. The number of rotatable bonds is 6. The SMILES string of the molecule is CC(C)(C)OC(=O)C([As]c1nnc(NC(=O)c2ccc3cccnc3c2O)s1)c1cccc2c1OCO2. The van der Waals surface area contributed by atoms with Gasteiger partial charge in [0.15, 0.2) is 0 Å². The average Bonchev–Trinajstić information content (AvgIpc) is 3.51. The van der Waals surface area contributed by atoms with Gasteiger partial charge in [-0.05, 0) is 0 Å². The van der Waals surface area contributed by atoms with Gasteiger partial charge in [-0.1, -0.05) is 0 Å². The number of pyridine rings is 1. The van der Waals surface area contributed by atoms with E-state index in [9.17, 15) is 14.7 Å². The number of aromatic hydroxyl groups is 1. The molecule has 0 saturated carbocycles. The first-order valence-corrected chi connectivity index (χ1v) is 14.1. The molecule has 1 amide bonds. The van der Waals surface area contributed by atoms with E-state index in [-0.39, 0.29) is 23.2 Å². The summed E-state index contributed by atoms with van der Waals surface area (Å²) in [6.45, 7) is 5.51. The summed E-state index contributed by atoms with van der Waals surface area (Å²) in [6, 6.07) is 12.2. The first-order valence-electron chi connectivity index (χ1n) is 11.2. The van der Waals surface area contributed by atoms with E-state index < -0.39 is 37.9 Å². The van der Waals surface area contributed by atoms with Crippen molar-refractivity contribution in [3.05, 3.63) is 59.8 Å². The van der Waals surface area contributed by atoms with Crippen molar-refractivity contribution in [2.24, 2.45) is 0 Å². The monoisotopic (exact) mass is 581 g/mol. The molecule has 12 heteroatoms. The van der Waals surface area contributed by atoms with Crippen LogP contribution < -0.4 is 18.6 Å². The van der Waals surface area contributed by atoms with Gasteiger partial charge in [-0.3, -0.25) is 0 Å². The van der Waals surface area contributed by atoms with Gasteiger partial charge in [0, 0.05) is 0 Å². The van der Waals surface area contributed by atoms with Crippen molar-refractivity contribution in [1.82, 2.24) is 15.2 Å². The van der Waals surface area contributed by atoms with Crippen molar-refractivity contribution < 1.29 is 28.9 Å². The molecule has 0 saturated heterocycles. The van der Waals surface area contributed by atoms with Crippen LogP contribution in [0.3, 0.4) is 0 Å². The number of carbonyl (C=O) groups excluding carboxylic acids is 2. The number of hydrogen-bond acceptors (Lipinski definition) is 10. The van der Waals surface area contributed by atoms with Crippen molar-refractivity contribution in [2.45, 2.75) is 31.1 Å². The van der Waals surface area contributed by atoms with Crippen LogP contribution in [0.1, 0.15) is 41.4 Å². The molecule has 189 valence electrons. The Morgan fingerprint density at radius 2 is 1.97 bits per heavy atom. The number of ether oxygens (including phenoxy) is 3. The standard InChI is InChI=1S/C25H22AsN4O6S/c1-25(2,3)36-22(33)17(14-7-4-8-16-20(14)35-12-34-16)26-23-29-30-24(37-23)28-21(32)15-10-9-13-6-5-11-27-18(13)19(15)31/h4-11,17,31H,12H2,1-3H3,(H,28,30,32). The molecule has 4 aromatic rings. The first-order chi connectivity index (χ1) is 17.7. The van der Waals surface area contributed by atoms with E-state index in [1.807, 2.05) is 26.8 Å². The maximum atomic E-state index is 13.2. The number of amides is 1. The second kappa shape index (κ2) is 9.99. The van der Waals surface area contributed by atoms with Crippen molar-refractivity contribution in [2.75, 3.05) is 12.1 Å². The molecule has 0 bridgehead atoms. The van der Waals surface area contributed by atoms with Crippen LogP contribution in [0.2, 0.25) is 0 Å². The summed E-state index contributed by atoms with van der Waals surface area (Å²) >= 11 is 0.267. The van der Waals surface area contributed by atoms with Gasteiger partial charge in [-0.25, -0.2) is 0 Å². The molecule has 0 aliphatic carbocycles. The minimum atomic E-state index is -0.901. The Balaban J connectivity index is 1.38. The number of carbonyl (C=O) groups is 2. The summed E-state index contributed by atoms with van der Waals surface area (Å²) in [5.41, 5.74) is 0.390. The summed E-state index contributed by atoms with van der Waals surface area (Å²) in [4.78, 5) is 30.3. The van der Waals surface area contributed by atoms with E-state index in [1.165, 1.54) is 17.4 Å². The van der Waals surface area contributed by atoms with Gasteiger partial charge in [0.1, 0.15) is 0 Å². The topological polar surface area (TPSA) is 133 Å². The van der Waals surface area contributed by atoms with Crippen LogP contribution in [-0.2, 0) is 9.53 Å². The number of benzene rings is 2. The molecule has 10 nitrogen and oxygen atoms in total. The van der Waals surface area contributed by atoms with Crippen molar-refractivity contribution in [1.29, 1.82) is 0 Å². The van der Waals surface area contributed by atoms with Gasteiger partial charge >= 0.3 is 223 Å². The number of para-hydroxylation sites is 1. The second-order valence-corrected chi connectivity index (χ2v) is 13.2. The number of esters is 1. The normalized spacial score (nSPS) is 13.7. The van der Waals surface area contributed by atoms with Crippen LogP contribution in [-0.4, -0.2) is 60.3 Å². The van der Waals surface area contributed by atoms with E-state index in [0.29, 0.717) is 31.8 Å². The molecule has 1 unspecified atom stereocenters. The number of hydrogen-bond donors (Lipinski definition) is 2. The molecular formula is C25H22AsN4O6S. The number of phenols is 1. The number of fused-ring (bicyclic) bond motifs is 2. The van der Waals surface area contributed by atoms with E-state index in [0.717, 1.165) is 0 Å². The number of aromatic nitrogens is 3. The Labute approximate surface area is 222 Å². The molecule has 1 radical (unpaired) electrons. The third-order valence-corrected chi connectivity index (χ3v) is 9.20. The van der Waals surface area contributed by atoms with Crippen LogP contribution in [0.25, 0.3) is 10.9 Å². The van der Waals surface area contributed by atoms with Gasteiger partial charge in [0.2, 0.25) is 0 Å². The quantitative estimate of drug-likeness (QED) is 0.260. The summed E-state index contributed by atoms with van der Waals surface area (Å²) < 4.78 is 16.8. The number of nitrogens with one attached hydrogen (secondary N) is 1. The van der Waals surface area contributed by atoms with Crippen LogP contribution in [0.5, 0.6) is 17.2 Å². The molecule has 0 fully saturated rings. The minimum absolute atomic E-state index is 0.0693. The predicted octanol–water partition coefficient (Wildman–Crippen LogP) is 3.19. The Hall–Kier alpha value is -3.69. The number of anilines is 1. The molecule has 3 heterocycles. The second-order valence-electron chi connectivity index (χ2n) is 9.03. The van der Waals surface area contributed by atoms with E-state index >= 15 is 0 Å². The van der Waals surface area contributed by atoms with Crippen molar-refractivity contribution in [3.8, 4) is 17.2 Å². The van der Waals surface area contributed by atoms with Crippen LogP contribution in [0.15, 0.2) is 48.7 Å². The van der Waals surface area contributed by atoms with Gasteiger partial charge < -0.3 is 0 Å². The Morgan fingerprint density at radius 3 is 2.78 bits per heavy atom. The molecule has 0 spiro atoms. The van der Waals surface area contributed by atoms with Crippen molar-refractivity contribution in [3.63, 3.8) is 0 Å². The summed E-state index contributed by atoms with van der Waals surface area (Å²) in [5, 5.41) is 22.5. The zero-order valence-corrected chi connectivity index (χ0v) is 22.8. The third-order valence-electron chi connectivity index (χ3n) is 5.22. The van der Waals surface area contributed by atoms with E-state index in [2.05, 4.69) is 20.5 Å². The molecule has 1 aliphatic rings. The summed E-state index contributed by atoms with van der Waals surface area (Å²) in [7, 11) is 0.